The maximum atomic E-state index is 14.1. The Morgan fingerprint density at radius 1 is 0.878 bits per heavy atom. The van der Waals surface area contributed by atoms with Gasteiger partial charge in [0.05, 0.1) is 37.6 Å². The van der Waals surface area contributed by atoms with Gasteiger partial charge in [-0.1, -0.05) is 91.8 Å². The lowest BCUT2D eigenvalue weighted by Crippen LogP contribution is -2.53. The molecule has 0 bridgehead atoms. The number of carbonyl (C=O) groups excluding carboxylic acids is 2. The van der Waals surface area contributed by atoms with Gasteiger partial charge in [-0.15, -0.1) is 6.58 Å². The molecule has 0 saturated carbocycles. The van der Waals surface area contributed by atoms with Gasteiger partial charge in [0.25, 0.3) is 0 Å². The number of ketones is 1. The zero-order valence-corrected chi connectivity index (χ0v) is 32.9. The Balaban J connectivity index is 2.35. The van der Waals surface area contributed by atoms with Gasteiger partial charge in [-0.25, -0.2) is 4.79 Å². The first-order valence-corrected chi connectivity index (χ1v) is 20.3. The monoisotopic (exact) mass is 698 g/mol. The van der Waals surface area contributed by atoms with E-state index in [1.807, 2.05) is 51.1 Å². The molecule has 0 heterocycles. The minimum Gasteiger partial charge on any atom is -0.497 e. The molecule has 0 saturated heterocycles. The van der Waals surface area contributed by atoms with Crippen molar-refractivity contribution in [2.24, 2.45) is 23.7 Å². The second-order valence-corrected chi connectivity index (χ2v) is 19.9. The number of hydrogen-bond acceptors (Lipinski definition) is 8. The molecule has 2 aromatic rings. The van der Waals surface area contributed by atoms with E-state index < -0.39 is 50.5 Å². The molecule has 0 amide bonds. The van der Waals surface area contributed by atoms with Crippen molar-refractivity contribution < 1.29 is 38.1 Å². The Morgan fingerprint density at radius 3 is 1.96 bits per heavy atom. The molecule has 0 aliphatic carbocycles. The number of aliphatic hydroxyl groups is 1. The van der Waals surface area contributed by atoms with Gasteiger partial charge in [0.2, 0.25) is 0 Å². The van der Waals surface area contributed by atoms with E-state index in [-0.39, 0.29) is 35.2 Å². The average Bonchev–Trinajstić information content (AvgIpc) is 3.06. The van der Waals surface area contributed by atoms with Gasteiger partial charge >= 0.3 is 5.97 Å². The first kappa shape index (κ1) is 42.3. The van der Waals surface area contributed by atoms with Crippen LogP contribution >= 0.6 is 0 Å². The van der Waals surface area contributed by atoms with Crippen LogP contribution in [0.4, 0.5) is 0 Å². The number of hydrogen-bond donors (Lipinski definition) is 1. The van der Waals surface area contributed by atoms with Crippen molar-refractivity contribution in [3.8, 4) is 5.75 Å². The number of benzene rings is 2. The van der Waals surface area contributed by atoms with E-state index in [1.165, 1.54) is 0 Å². The van der Waals surface area contributed by atoms with E-state index in [9.17, 15) is 14.7 Å². The fourth-order valence-corrected chi connectivity index (χ4v) is 7.27. The summed E-state index contributed by atoms with van der Waals surface area (Å²) in [5.74, 6) is -1.15. The Hall–Kier alpha value is -2.82. The Bertz CT molecular complexity index is 1300. The van der Waals surface area contributed by atoms with Crippen LogP contribution in [-0.2, 0) is 30.0 Å². The minimum absolute atomic E-state index is 0.0643. The van der Waals surface area contributed by atoms with Gasteiger partial charge in [-0.3, -0.25) is 4.79 Å². The van der Waals surface area contributed by atoms with E-state index in [4.69, 9.17) is 23.4 Å². The number of Topliss-reactive ketones (excluding diaryl/α,β-unsaturated/α-hetero) is 1. The highest BCUT2D eigenvalue weighted by Gasteiger charge is 2.46. The molecule has 0 aliphatic heterocycles. The highest BCUT2D eigenvalue weighted by Crippen LogP contribution is 2.40. The second-order valence-electron chi connectivity index (χ2n) is 15.1. The molecule has 2 aromatic carbocycles. The van der Waals surface area contributed by atoms with Crippen LogP contribution in [0.15, 0.2) is 67.3 Å². The SMILES string of the molecule is C=C[C@H](OC)[C@H](OC(=O)c1ccccc1)[C@@H](C)[C@@H](O[Si](C)(C)C(C)(C)C)[C@H](C)C(=O)C[C@@H](O)[C@H](C)[C@H](OCc1ccc(OC)cc1)C(C)C. The van der Waals surface area contributed by atoms with Crippen LogP contribution < -0.4 is 4.74 Å². The molecule has 0 unspecified atom stereocenters. The lowest BCUT2D eigenvalue weighted by molar-refractivity contribution is -0.133. The predicted octanol–water partition coefficient (Wildman–Crippen LogP) is 8.28. The van der Waals surface area contributed by atoms with Crippen LogP contribution in [0.25, 0.3) is 0 Å². The largest absolute Gasteiger partial charge is 0.497 e. The van der Waals surface area contributed by atoms with Gasteiger partial charge in [0.1, 0.15) is 23.7 Å². The van der Waals surface area contributed by atoms with Crippen molar-refractivity contribution >= 4 is 20.1 Å². The third kappa shape index (κ3) is 11.9. The van der Waals surface area contributed by atoms with Crippen LogP contribution in [0.1, 0.15) is 77.7 Å². The number of ether oxygens (including phenoxy) is 4. The van der Waals surface area contributed by atoms with Gasteiger partial charge in [0, 0.05) is 31.3 Å². The van der Waals surface area contributed by atoms with E-state index in [2.05, 4.69) is 54.3 Å². The number of esters is 1. The van der Waals surface area contributed by atoms with Crippen molar-refractivity contribution in [2.75, 3.05) is 14.2 Å². The molecular weight excluding hydrogens is 637 g/mol. The zero-order valence-electron chi connectivity index (χ0n) is 31.9. The van der Waals surface area contributed by atoms with E-state index in [1.54, 1.807) is 44.6 Å². The molecule has 9 heteroatoms. The van der Waals surface area contributed by atoms with Crippen molar-refractivity contribution in [3.05, 3.63) is 78.4 Å². The van der Waals surface area contributed by atoms with E-state index >= 15 is 0 Å². The topological polar surface area (TPSA) is 101 Å². The number of aliphatic hydroxyl groups excluding tert-OH is 1. The van der Waals surface area contributed by atoms with Gasteiger partial charge in [0.15, 0.2) is 8.32 Å². The molecular formula is C40H62O8Si. The summed E-state index contributed by atoms with van der Waals surface area (Å²) in [6, 6.07) is 16.5. The van der Waals surface area contributed by atoms with Gasteiger partial charge < -0.3 is 28.5 Å². The molecule has 8 nitrogen and oxygen atoms in total. The van der Waals surface area contributed by atoms with Crippen molar-refractivity contribution in [2.45, 2.75) is 117 Å². The van der Waals surface area contributed by atoms with Gasteiger partial charge in [-0.05, 0) is 53.9 Å². The van der Waals surface area contributed by atoms with Crippen molar-refractivity contribution in [1.29, 1.82) is 0 Å². The third-order valence-electron chi connectivity index (χ3n) is 10.1. The smallest absolute Gasteiger partial charge is 0.338 e. The summed E-state index contributed by atoms with van der Waals surface area (Å²) in [4.78, 5) is 27.4. The number of carbonyl (C=O) groups is 2. The van der Waals surface area contributed by atoms with Crippen molar-refractivity contribution in [1.82, 2.24) is 0 Å². The minimum atomic E-state index is -2.44. The summed E-state index contributed by atoms with van der Waals surface area (Å²) < 4.78 is 30.5. The van der Waals surface area contributed by atoms with Crippen LogP contribution in [0.5, 0.6) is 5.75 Å². The lowest BCUT2D eigenvalue weighted by Gasteiger charge is -2.44. The Labute approximate surface area is 296 Å². The fourth-order valence-electron chi connectivity index (χ4n) is 5.82. The third-order valence-corrected chi connectivity index (χ3v) is 14.6. The molecule has 2 rings (SSSR count). The van der Waals surface area contributed by atoms with Crippen LogP contribution in [0, 0.1) is 23.7 Å². The predicted molar refractivity (Wildman–Crippen MR) is 198 cm³/mol. The molecule has 8 atom stereocenters. The quantitative estimate of drug-likeness (QED) is 0.0838. The van der Waals surface area contributed by atoms with E-state index in [0.29, 0.717) is 12.2 Å². The van der Waals surface area contributed by atoms with Crippen molar-refractivity contribution in [3.63, 3.8) is 0 Å². The summed E-state index contributed by atoms with van der Waals surface area (Å²) in [7, 11) is 0.734. The summed E-state index contributed by atoms with van der Waals surface area (Å²) in [6.45, 7) is 24.8. The number of rotatable bonds is 20. The van der Waals surface area contributed by atoms with Crippen LogP contribution in [0.2, 0.25) is 18.1 Å². The fraction of sp³-hybridized carbons (Fsp3) is 0.600. The Morgan fingerprint density at radius 2 is 1.47 bits per heavy atom. The first-order chi connectivity index (χ1) is 22.9. The highest BCUT2D eigenvalue weighted by molar-refractivity contribution is 6.74. The molecule has 0 fully saturated rings. The maximum absolute atomic E-state index is 14.1. The number of methoxy groups -OCH3 is 2. The summed E-state index contributed by atoms with van der Waals surface area (Å²) in [5.41, 5.74) is 1.41. The maximum Gasteiger partial charge on any atom is 0.338 e. The molecule has 0 radical (unpaired) electrons. The molecule has 1 N–H and O–H groups in total. The summed E-state index contributed by atoms with van der Waals surface area (Å²) in [6.07, 6.45) is -1.74. The van der Waals surface area contributed by atoms with E-state index in [0.717, 1.165) is 11.3 Å². The standard InChI is InChI=1S/C40H62O8Si/c1-14-35(45-11)38(47-39(43)31-18-16-15-17-19-31)29(6)37(48-49(12,13)40(7,8)9)28(5)34(42)24-33(41)27(4)36(26(2)3)46-25-30-20-22-32(44-10)23-21-30/h14-23,26-29,33,35-38,41H,1,24-25H2,2-13H3/t27-,28+,29-,33+,35-,36+,37-,38+/m0/s1. The zero-order chi connectivity index (χ0) is 37.1. The first-order valence-electron chi connectivity index (χ1n) is 17.4. The molecule has 274 valence electrons. The Kier molecular flexibility index (Phi) is 16.4. The summed E-state index contributed by atoms with van der Waals surface area (Å²) >= 11 is 0. The molecule has 0 aromatic heterocycles. The van der Waals surface area contributed by atoms with Gasteiger partial charge in [-0.2, -0.15) is 0 Å². The molecule has 0 spiro atoms. The molecule has 49 heavy (non-hydrogen) atoms. The van der Waals surface area contributed by atoms with Crippen LogP contribution in [-0.4, -0.2) is 69.9 Å². The van der Waals surface area contributed by atoms with Crippen LogP contribution in [0.3, 0.4) is 0 Å². The summed E-state index contributed by atoms with van der Waals surface area (Å²) in [5, 5.41) is 11.3. The lowest BCUT2D eigenvalue weighted by atomic mass is 9.81. The second kappa shape index (κ2) is 19.0. The normalized spacial score (nSPS) is 17.3. The highest BCUT2D eigenvalue weighted by atomic mass is 28.4. The average molecular weight is 699 g/mol. The molecule has 0 aliphatic rings.